The highest BCUT2D eigenvalue weighted by Crippen LogP contribution is 2.20. The molecular weight excluding hydrogens is 288 g/mol. The highest BCUT2D eigenvalue weighted by Gasteiger charge is 2.26. The zero-order chi connectivity index (χ0) is 14.7. The summed E-state index contributed by atoms with van der Waals surface area (Å²) in [5.74, 6) is 0.265. The predicted octanol–water partition coefficient (Wildman–Crippen LogP) is 1.81. The molecule has 0 aromatic carbocycles. The fourth-order valence-corrected chi connectivity index (χ4v) is 3.43. The van der Waals surface area contributed by atoms with Gasteiger partial charge in [0.25, 0.3) is 0 Å². The minimum absolute atomic E-state index is 0.0707. The van der Waals surface area contributed by atoms with E-state index in [2.05, 4.69) is 9.71 Å². The van der Waals surface area contributed by atoms with Gasteiger partial charge in [0.1, 0.15) is 4.90 Å². The van der Waals surface area contributed by atoms with Crippen LogP contribution in [0, 0.1) is 5.92 Å². The van der Waals surface area contributed by atoms with E-state index in [1.54, 1.807) is 6.92 Å². The van der Waals surface area contributed by atoms with Crippen molar-refractivity contribution in [3.63, 3.8) is 0 Å². The first kappa shape index (κ1) is 16.4. The topological polar surface area (TPSA) is 79.3 Å². The van der Waals surface area contributed by atoms with Crippen molar-refractivity contribution in [3.05, 3.63) is 23.5 Å². The fraction of sp³-hybridized carbons (Fsp3) is 0.583. The molecule has 1 rings (SSSR count). The summed E-state index contributed by atoms with van der Waals surface area (Å²) >= 11 is 5.82. The molecule has 0 saturated heterocycles. The number of rotatable bonds is 6. The lowest BCUT2D eigenvalue weighted by atomic mass is 9.95. The molecule has 2 N–H and O–H groups in total. The van der Waals surface area contributed by atoms with Crippen LogP contribution >= 0.6 is 11.6 Å². The minimum atomic E-state index is -3.76. The molecule has 7 heteroatoms. The van der Waals surface area contributed by atoms with E-state index < -0.39 is 15.6 Å². The predicted molar refractivity (Wildman–Crippen MR) is 74.5 cm³/mol. The van der Waals surface area contributed by atoms with Crippen molar-refractivity contribution in [3.8, 4) is 0 Å². The molecule has 1 aromatic rings. The molecule has 1 unspecified atom stereocenters. The maximum absolute atomic E-state index is 12.0. The Labute approximate surface area is 119 Å². The number of aromatic nitrogens is 1. The van der Waals surface area contributed by atoms with Gasteiger partial charge in [0, 0.05) is 18.9 Å². The number of halogens is 1. The number of aliphatic hydroxyl groups is 1. The Morgan fingerprint density at radius 3 is 2.68 bits per heavy atom. The molecule has 0 radical (unpaired) electrons. The Bertz CT molecular complexity index is 530. The van der Waals surface area contributed by atoms with Crippen LogP contribution in [0.15, 0.2) is 23.4 Å². The molecule has 0 aliphatic carbocycles. The lowest BCUT2D eigenvalue weighted by Crippen LogP contribution is -2.41. The van der Waals surface area contributed by atoms with Crippen molar-refractivity contribution >= 4 is 21.6 Å². The van der Waals surface area contributed by atoms with Gasteiger partial charge in [-0.15, -0.1) is 0 Å². The normalized spacial score (nSPS) is 15.5. The summed E-state index contributed by atoms with van der Waals surface area (Å²) in [6.45, 7) is 5.45. The second kappa shape index (κ2) is 6.17. The van der Waals surface area contributed by atoms with Crippen molar-refractivity contribution < 1.29 is 13.5 Å². The van der Waals surface area contributed by atoms with Gasteiger partial charge < -0.3 is 5.11 Å². The maximum Gasteiger partial charge on any atom is 0.243 e. The second-order valence-corrected chi connectivity index (χ2v) is 7.37. The molecule has 5 nitrogen and oxygen atoms in total. The number of hydrogen-bond donors (Lipinski definition) is 2. The zero-order valence-electron chi connectivity index (χ0n) is 11.2. The number of nitrogens with one attached hydrogen (secondary N) is 1. The lowest BCUT2D eigenvalue weighted by Gasteiger charge is -2.25. The molecule has 1 aromatic heterocycles. The van der Waals surface area contributed by atoms with E-state index in [1.807, 2.05) is 13.8 Å². The largest absolute Gasteiger partial charge is 0.389 e. The molecule has 0 spiro atoms. The Morgan fingerprint density at radius 1 is 1.53 bits per heavy atom. The summed E-state index contributed by atoms with van der Waals surface area (Å²) in [6.07, 6.45) is 3.09. The van der Waals surface area contributed by atoms with Crippen molar-refractivity contribution in [2.24, 2.45) is 5.92 Å². The Hall–Kier alpha value is -0.690. The third kappa shape index (κ3) is 5.06. The van der Waals surface area contributed by atoms with Crippen molar-refractivity contribution in [1.82, 2.24) is 9.71 Å². The molecule has 0 saturated carbocycles. The maximum atomic E-state index is 12.0. The van der Waals surface area contributed by atoms with Gasteiger partial charge in [0.15, 0.2) is 0 Å². The zero-order valence-corrected chi connectivity index (χ0v) is 12.8. The van der Waals surface area contributed by atoms with Crippen LogP contribution in [0.5, 0.6) is 0 Å². The second-order valence-electron chi connectivity index (χ2n) is 5.23. The summed E-state index contributed by atoms with van der Waals surface area (Å²) in [4.78, 5) is 3.65. The van der Waals surface area contributed by atoms with Gasteiger partial charge in [-0.3, -0.25) is 4.98 Å². The van der Waals surface area contributed by atoms with Crippen LogP contribution in [0.1, 0.15) is 27.2 Å². The Kier molecular flexibility index (Phi) is 5.32. The molecule has 0 amide bonds. The molecule has 108 valence electrons. The Balaban J connectivity index is 2.80. The van der Waals surface area contributed by atoms with E-state index in [0.29, 0.717) is 6.42 Å². The Morgan fingerprint density at radius 2 is 2.16 bits per heavy atom. The summed E-state index contributed by atoms with van der Waals surface area (Å²) in [5, 5.41) is 10.2. The summed E-state index contributed by atoms with van der Waals surface area (Å²) in [5.41, 5.74) is -1.10. The van der Waals surface area contributed by atoms with Gasteiger partial charge in [0.05, 0.1) is 10.6 Å². The standard InChI is InChI=1S/C12H19ClN2O3S/c1-9(2)6-12(3,16)8-15-19(17,18)11-7-14-5-4-10(11)13/h4-5,7,9,15-16H,6,8H2,1-3H3. The fourth-order valence-electron chi connectivity index (χ4n) is 1.84. The van der Waals surface area contributed by atoms with Gasteiger partial charge in [-0.05, 0) is 25.3 Å². The van der Waals surface area contributed by atoms with Crippen LogP contribution < -0.4 is 4.72 Å². The van der Waals surface area contributed by atoms with E-state index in [0.717, 1.165) is 0 Å². The molecule has 19 heavy (non-hydrogen) atoms. The quantitative estimate of drug-likeness (QED) is 0.840. The first-order chi connectivity index (χ1) is 8.64. The molecule has 1 heterocycles. The average molecular weight is 307 g/mol. The SMILES string of the molecule is CC(C)CC(C)(O)CNS(=O)(=O)c1cnccc1Cl. The number of hydrogen-bond acceptors (Lipinski definition) is 4. The van der Waals surface area contributed by atoms with Crippen molar-refractivity contribution in [1.29, 1.82) is 0 Å². The molecule has 1 atom stereocenters. The van der Waals surface area contributed by atoms with Crippen LogP contribution in [0.25, 0.3) is 0 Å². The summed E-state index contributed by atoms with van der Waals surface area (Å²) < 4.78 is 26.4. The minimum Gasteiger partial charge on any atom is -0.389 e. The number of sulfonamides is 1. The van der Waals surface area contributed by atoms with Crippen LogP contribution in [-0.2, 0) is 10.0 Å². The highest BCUT2D eigenvalue weighted by molar-refractivity contribution is 7.89. The number of pyridine rings is 1. The van der Waals surface area contributed by atoms with Gasteiger partial charge in [-0.1, -0.05) is 25.4 Å². The smallest absolute Gasteiger partial charge is 0.243 e. The third-order valence-electron chi connectivity index (χ3n) is 2.51. The van der Waals surface area contributed by atoms with Gasteiger partial charge in [0.2, 0.25) is 10.0 Å². The first-order valence-electron chi connectivity index (χ1n) is 5.95. The van der Waals surface area contributed by atoms with Crippen molar-refractivity contribution in [2.45, 2.75) is 37.7 Å². The van der Waals surface area contributed by atoms with E-state index in [9.17, 15) is 13.5 Å². The lowest BCUT2D eigenvalue weighted by molar-refractivity contribution is 0.0437. The third-order valence-corrected chi connectivity index (χ3v) is 4.39. The average Bonchev–Trinajstić information content (AvgIpc) is 2.25. The van der Waals surface area contributed by atoms with E-state index in [-0.39, 0.29) is 22.4 Å². The van der Waals surface area contributed by atoms with E-state index in [4.69, 9.17) is 11.6 Å². The van der Waals surface area contributed by atoms with Crippen molar-refractivity contribution in [2.75, 3.05) is 6.54 Å². The molecule has 0 aliphatic rings. The molecule has 0 fully saturated rings. The summed E-state index contributed by atoms with van der Waals surface area (Å²) in [6, 6.07) is 1.41. The van der Waals surface area contributed by atoms with Gasteiger partial charge in [-0.25, -0.2) is 13.1 Å². The number of nitrogens with zero attached hydrogens (tertiary/aromatic N) is 1. The molecular formula is C12H19ClN2O3S. The van der Waals surface area contributed by atoms with E-state index in [1.165, 1.54) is 18.5 Å². The van der Waals surface area contributed by atoms with Crippen LogP contribution in [0.4, 0.5) is 0 Å². The van der Waals surface area contributed by atoms with Gasteiger partial charge in [-0.2, -0.15) is 0 Å². The molecule has 0 bridgehead atoms. The highest BCUT2D eigenvalue weighted by atomic mass is 35.5. The van der Waals surface area contributed by atoms with Crippen LogP contribution in [0.2, 0.25) is 5.02 Å². The first-order valence-corrected chi connectivity index (χ1v) is 7.82. The van der Waals surface area contributed by atoms with Crippen LogP contribution in [-0.4, -0.2) is 30.7 Å². The van der Waals surface area contributed by atoms with Crippen LogP contribution in [0.3, 0.4) is 0 Å². The van der Waals surface area contributed by atoms with E-state index >= 15 is 0 Å². The van der Waals surface area contributed by atoms with Gasteiger partial charge >= 0.3 is 0 Å². The summed E-state index contributed by atoms with van der Waals surface area (Å²) in [7, 11) is -3.76. The molecule has 0 aliphatic heterocycles. The monoisotopic (exact) mass is 306 g/mol.